The summed E-state index contributed by atoms with van der Waals surface area (Å²) in [6, 6.07) is 5.17. The molecule has 2 rings (SSSR count). The van der Waals surface area contributed by atoms with E-state index in [0.29, 0.717) is 0 Å². The van der Waals surface area contributed by atoms with Gasteiger partial charge in [-0.1, -0.05) is 29.8 Å². The van der Waals surface area contributed by atoms with Gasteiger partial charge in [0, 0.05) is 35.2 Å². The largest absolute Gasteiger partial charge is 0.308 e. The second-order valence-corrected chi connectivity index (χ2v) is 7.67. The first-order valence-corrected chi connectivity index (χ1v) is 8.54. The Bertz CT molecular complexity index is 487. The molecular formula is C17H26BrFN2. The number of piperazine rings is 1. The van der Waals surface area contributed by atoms with Crippen molar-refractivity contribution >= 4 is 15.9 Å². The van der Waals surface area contributed by atoms with Gasteiger partial charge in [0.05, 0.1) is 0 Å². The van der Waals surface area contributed by atoms with Gasteiger partial charge in [-0.2, -0.15) is 0 Å². The highest BCUT2D eigenvalue weighted by Gasteiger charge is 2.40. The Hall–Kier alpha value is -0.450. The molecule has 1 aliphatic heterocycles. The third kappa shape index (κ3) is 3.85. The molecule has 1 N–H and O–H groups in total. The van der Waals surface area contributed by atoms with E-state index >= 15 is 0 Å². The maximum Gasteiger partial charge on any atom is 0.124 e. The van der Waals surface area contributed by atoms with Crippen molar-refractivity contribution in [1.82, 2.24) is 10.2 Å². The molecule has 2 atom stereocenters. The van der Waals surface area contributed by atoms with Crippen LogP contribution in [-0.4, -0.2) is 29.1 Å². The van der Waals surface area contributed by atoms with Crippen LogP contribution in [0.2, 0.25) is 0 Å². The summed E-state index contributed by atoms with van der Waals surface area (Å²) >= 11 is 3.39. The Labute approximate surface area is 136 Å². The summed E-state index contributed by atoms with van der Waals surface area (Å²) in [4.78, 5) is 2.51. The first-order valence-electron chi connectivity index (χ1n) is 7.75. The zero-order chi connectivity index (χ0) is 15.7. The molecule has 0 aromatic heterocycles. The average Bonchev–Trinajstić information content (AvgIpc) is 2.42. The molecule has 1 aromatic carbocycles. The first kappa shape index (κ1) is 16.9. The summed E-state index contributed by atoms with van der Waals surface area (Å²) in [5.74, 6) is -0.175. The van der Waals surface area contributed by atoms with Crippen molar-refractivity contribution in [1.29, 1.82) is 0 Å². The van der Waals surface area contributed by atoms with Crippen molar-refractivity contribution < 1.29 is 4.39 Å². The standard InChI is InChI=1S/C17H26BrFN2/c1-5-16(3)12-21(17(4,6-2)11-20-16)10-13-7-14(18)9-15(19)8-13/h7-9,20H,5-6,10-12H2,1-4H3. The van der Waals surface area contributed by atoms with Crippen molar-refractivity contribution in [3.63, 3.8) is 0 Å². The molecule has 0 bridgehead atoms. The van der Waals surface area contributed by atoms with Crippen LogP contribution in [0.4, 0.5) is 4.39 Å². The van der Waals surface area contributed by atoms with E-state index in [9.17, 15) is 4.39 Å². The summed E-state index contributed by atoms with van der Waals surface area (Å²) < 4.78 is 14.4. The number of halogens is 2. The number of benzene rings is 1. The van der Waals surface area contributed by atoms with E-state index in [-0.39, 0.29) is 16.9 Å². The van der Waals surface area contributed by atoms with E-state index in [0.717, 1.165) is 42.5 Å². The molecule has 1 fully saturated rings. The lowest BCUT2D eigenvalue weighted by molar-refractivity contribution is 0.0104. The van der Waals surface area contributed by atoms with E-state index in [1.165, 1.54) is 6.07 Å². The highest BCUT2D eigenvalue weighted by atomic mass is 79.9. The lowest BCUT2D eigenvalue weighted by Gasteiger charge is -2.52. The Balaban J connectivity index is 2.24. The fourth-order valence-corrected chi connectivity index (χ4v) is 3.45. The summed E-state index contributed by atoms with van der Waals surface area (Å²) in [6.45, 7) is 11.8. The average molecular weight is 357 g/mol. The Morgan fingerprint density at radius 3 is 2.52 bits per heavy atom. The van der Waals surface area contributed by atoms with Gasteiger partial charge in [-0.15, -0.1) is 0 Å². The normalized spacial score (nSPS) is 30.6. The molecule has 1 aliphatic rings. The minimum Gasteiger partial charge on any atom is -0.308 e. The Kier molecular flexibility index (Phi) is 5.11. The third-order valence-electron chi connectivity index (χ3n) is 5.04. The molecular weight excluding hydrogens is 331 g/mol. The van der Waals surface area contributed by atoms with Crippen LogP contribution in [0.25, 0.3) is 0 Å². The minimum absolute atomic E-state index is 0.119. The van der Waals surface area contributed by atoms with Gasteiger partial charge >= 0.3 is 0 Å². The van der Waals surface area contributed by atoms with Gasteiger partial charge in [-0.25, -0.2) is 4.39 Å². The quantitative estimate of drug-likeness (QED) is 0.863. The second kappa shape index (κ2) is 6.35. The number of nitrogens with zero attached hydrogens (tertiary/aromatic N) is 1. The van der Waals surface area contributed by atoms with Crippen LogP contribution in [-0.2, 0) is 6.54 Å². The van der Waals surface area contributed by atoms with Crippen LogP contribution in [0.15, 0.2) is 22.7 Å². The molecule has 1 aromatic rings. The molecule has 0 aliphatic carbocycles. The third-order valence-corrected chi connectivity index (χ3v) is 5.49. The van der Waals surface area contributed by atoms with E-state index in [1.807, 2.05) is 6.07 Å². The lowest BCUT2D eigenvalue weighted by atomic mass is 9.85. The van der Waals surface area contributed by atoms with Gasteiger partial charge in [0.2, 0.25) is 0 Å². The molecule has 1 saturated heterocycles. The molecule has 0 amide bonds. The highest BCUT2D eigenvalue weighted by Crippen LogP contribution is 2.30. The summed E-state index contributed by atoms with van der Waals surface area (Å²) in [6.07, 6.45) is 2.17. The number of hydrogen-bond acceptors (Lipinski definition) is 2. The zero-order valence-corrected chi connectivity index (χ0v) is 15.1. The molecule has 2 nitrogen and oxygen atoms in total. The molecule has 118 valence electrons. The number of rotatable bonds is 4. The van der Waals surface area contributed by atoms with Crippen molar-refractivity contribution in [3.05, 3.63) is 34.1 Å². The summed E-state index contributed by atoms with van der Waals surface area (Å²) in [5.41, 5.74) is 1.29. The molecule has 0 spiro atoms. The summed E-state index contributed by atoms with van der Waals surface area (Å²) in [5, 5.41) is 3.70. The van der Waals surface area contributed by atoms with Crippen LogP contribution in [0.1, 0.15) is 46.1 Å². The smallest absolute Gasteiger partial charge is 0.124 e. The van der Waals surface area contributed by atoms with Crippen molar-refractivity contribution in [3.8, 4) is 0 Å². The number of nitrogens with one attached hydrogen (secondary N) is 1. The predicted octanol–water partition coefficient (Wildman–Crippen LogP) is 4.33. The van der Waals surface area contributed by atoms with Crippen LogP contribution in [0, 0.1) is 5.82 Å². The highest BCUT2D eigenvalue weighted by molar-refractivity contribution is 9.10. The van der Waals surface area contributed by atoms with Crippen molar-refractivity contribution in [2.45, 2.75) is 58.2 Å². The van der Waals surface area contributed by atoms with E-state index in [4.69, 9.17) is 0 Å². The Morgan fingerprint density at radius 1 is 1.24 bits per heavy atom. The summed E-state index contributed by atoms with van der Waals surface area (Å²) in [7, 11) is 0. The minimum atomic E-state index is -0.175. The number of hydrogen-bond donors (Lipinski definition) is 1. The van der Waals surface area contributed by atoms with Crippen LogP contribution >= 0.6 is 15.9 Å². The molecule has 0 saturated carbocycles. The van der Waals surface area contributed by atoms with Gasteiger partial charge < -0.3 is 5.32 Å². The van der Waals surface area contributed by atoms with Gasteiger partial charge in [-0.05, 0) is 50.5 Å². The molecule has 4 heteroatoms. The van der Waals surface area contributed by atoms with E-state index in [2.05, 4.69) is 53.8 Å². The van der Waals surface area contributed by atoms with Crippen LogP contribution in [0.3, 0.4) is 0 Å². The van der Waals surface area contributed by atoms with E-state index in [1.54, 1.807) is 6.07 Å². The van der Waals surface area contributed by atoms with E-state index < -0.39 is 0 Å². The molecule has 0 radical (unpaired) electrons. The van der Waals surface area contributed by atoms with Crippen LogP contribution in [0.5, 0.6) is 0 Å². The van der Waals surface area contributed by atoms with Gasteiger partial charge in [0.1, 0.15) is 5.82 Å². The maximum absolute atomic E-state index is 13.6. The van der Waals surface area contributed by atoms with Crippen LogP contribution < -0.4 is 5.32 Å². The monoisotopic (exact) mass is 356 g/mol. The van der Waals surface area contributed by atoms with Crippen molar-refractivity contribution in [2.24, 2.45) is 0 Å². The van der Waals surface area contributed by atoms with Gasteiger partial charge in [0.15, 0.2) is 0 Å². The van der Waals surface area contributed by atoms with Gasteiger partial charge in [0.25, 0.3) is 0 Å². The maximum atomic E-state index is 13.6. The lowest BCUT2D eigenvalue weighted by Crippen LogP contribution is -2.67. The zero-order valence-electron chi connectivity index (χ0n) is 13.5. The molecule has 1 heterocycles. The second-order valence-electron chi connectivity index (χ2n) is 6.75. The first-order chi connectivity index (χ1) is 9.80. The fraction of sp³-hybridized carbons (Fsp3) is 0.647. The molecule has 2 unspecified atom stereocenters. The van der Waals surface area contributed by atoms with Crippen molar-refractivity contribution in [2.75, 3.05) is 13.1 Å². The Morgan fingerprint density at radius 2 is 1.95 bits per heavy atom. The van der Waals surface area contributed by atoms with Gasteiger partial charge in [-0.3, -0.25) is 4.90 Å². The molecule has 21 heavy (non-hydrogen) atoms. The topological polar surface area (TPSA) is 15.3 Å². The fourth-order valence-electron chi connectivity index (χ4n) is 2.94. The predicted molar refractivity (Wildman–Crippen MR) is 89.9 cm³/mol. The SMILES string of the molecule is CCC1(C)CN(Cc2cc(F)cc(Br)c2)C(C)(CC)CN1.